The molecular weight excluding hydrogens is 280 g/mol. The lowest BCUT2D eigenvalue weighted by Gasteiger charge is -2.11. The van der Waals surface area contributed by atoms with Gasteiger partial charge in [0.2, 0.25) is 0 Å². The second-order valence-corrected chi connectivity index (χ2v) is 4.22. The Bertz CT molecular complexity index is 613. The van der Waals surface area contributed by atoms with Gasteiger partial charge in [-0.3, -0.25) is 19.7 Å². The van der Waals surface area contributed by atoms with Crippen LogP contribution in [0.1, 0.15) is 16.8 Å². The molecule has 1 aromatic rings. The van der Waals surface area contributed by atoms with Crippen LogP contribution in [0.2, 0.25) is 0 Å². The van der Waals surface area contributed by atoms with Crippen molar-refractivity contribution >= 4 is 24.2 Å². The number of imide groups is 1. The average Bonchev–Trinajstić information content (AvgIpc) is 2.77. The topological polar surface area (TPSA) is 111 Å². The Balaban J connectivity index is 2.04. The second kappa shape index (κ2) is 6.04. The molecule has 1 saturated heterocycles. The molecule has 8 nitrogen and oxygen atoms in total. The molecule has 1 atom stereocenters. The first-order valence-electron chi connectivity index (χ1n) is 5.98. The fourth-order valence-electron chi connectivity index (χ4n) is 1.78. The van der Waals surface area contributed by atoms with Crippen LogP contribution in [0.3, 0.4) is 0 Å². The third kappa shape index (κ3) is 3.35. The van der Waals surface area contributed by atoms with E-state index in [2.05, 4.69) is 5.32 Å². The number of aldehydes is 1. The molecule has 0 unspecified atom stereocenters. The summed E-state index contributed by atoms with van der Waals surface area (Å²) < 4.78 is 10.1. The summed E-state index contributed by atoms with van der Waals surface area (Å²) in [7, 11) is 1.37. The molecule has 0 radical (unpaired) electrons. The summed E-state index contributed by atoms with van der Waals surface area (Å²) in [5, 5.41) is 4.30. The first-order valence-corrected chi connectivity index (χ1v) is 5.98. The van der Waals surface area contributed by atoms with Gasteiger partial charge in [-0.2, -0.15) is 0 Å². The van der Waals surface area contributed by atoms with Gasteiger partial charge in [0.05, 0.1) is 13.5 Å². The van der Waals surface area contributed by atoms with E-state index in [1.54, 1.807) is 0 Å². The van der Waals surface area contributed by atoms with E-state index in [0.29, 0.717) is 11.8 Å². The van der Waals surface area contributed by atoms with E-state index in [-0.39, 0.29) is 17.9 Å². The molecule has 8 heteroatoms. The Morgan fingerprint density at radius 2 is 2.10 bits per heavy atom. The molecule has 1 fully saturated rings. The Morgan fingerprint density at radius 3 is 2.67 bits per heavy atom. The van der Waals surface area contributed by atoms with Gasteiger partial charge in [-0.25, -0.2) is 4.79 Å². The number of carbonyl (C=O) groups excluding carboxylic acids is 4. The highest BCUT2D eigenvalue weighted by Crippen LogP contribution is 2.28. The lowest BCUT2D eigenvalue weighted by Crippen LogP contribution is -2.32. The minimum absolute atomic E-state index is 0.123. The minimum atomic E-state index is -0.953. The number of benzene rings is 1. The van der Waals surface area contributed by atoms with Crippen molar-refractivity contribution < 1.29 is 28.7 Å². The van der Waals surface area contributed by atoms with Gasteiger partial charge in [0.1, 0.15) is 12.3 Å². The maximum atomic E-state index is 11.8. The van der Waals surface area contributed by atoms with Crippen LogP contribution >= 0.6 is 0 Å². The van der Waals surface area contributed by atoms with Crippen LogP contribution in [0.4, 0.5) is 4.79 Å². The van der Waals surface area contributed by atoms with E-state index < -0.39 is 23.9 Å². The van der Waals surface area contributed by atoms with E-state index >= 15 is 0 Å². The molecular formula is C13H12N2O6. The van der Waals surface area contributed by atoms with E-state index in [0.717, 1.165) is 0 Å². The van der Waals surface area contributed by atoms with E-state index in [1.165, 1.54) is 25.3 Å². The highest BCUT2D eigenvalue weighted by atomic mass is 16.6. The standard InChI is InChI=1S/C13H12N2O6/c1-20-10-4-7(6-16)2-3-9(10)21-11(17)5-8-12(18)15-13(19)14-8/h2-4,6,8H,5H2,1H3,(H2,14,15,18,19)/t8-/m1/s1. The zero-order valence-electron chi connectivity index (χ0n) is 11.0. The second-order valence-electron chi connectivity index (χ2n) is 4.22. The lowest BCUT2D eigenvalue weighted by atomic mass is 10.2. The third-order valence-corrected chi connectivity index (χ3v) is 2.78. The lowest BCUT2D eigenvalue weighted by molar-refractivity contribution is -0.136. The molecule has 21 heavy (non-hydrogen) atoms. The molecule has 0 bridgehead atoms. The number of nitrogens with one attached hydrogen (secondary N) is 2. The summed E-state index contributed by atoms with van der Waals surface area (Å²) in [4.78, 5) is 44.7. The zero-order valence-corrected chi connectivity index (χ0v) is 11.0. The predicted molar refractivity (Wildman–Crippen MR) is 69.1 cm³/mol. The first-order chi connectivity index (χ1) is 10.0. The number of hydrogen-bond donors (Lipinski definition) is 2. The van der Waals surface area contributed by atoms with Crippen LogP contribution in [-0.4, -0.2) is 37.3 Å². The summed E-state index contributed by atoms with van der Waals surface area (Å²) in [6, 6.07) is 2.69. The van der Waals surface area contributed by atoms with E-state index in [1.807, 2.05) is 5.32 Å². The van der Waals surface area contributed by atoms with Gasteiger partial charge in [-0.1, -0.05) is 0 Å². The van der Waals surface area contributed by atoms with Crippen molar-refractivity contribution in [2.24, 2.45) is 0 Å². The van der Waals surface area contributed by atoms with Crippen molar-refractivity contribution in [3.8, 4) is 11.5 Å². The summed E-state index contributed by atoms with van der Waals surface area (Å²) >= 11 is 0. The molecule has 110 valence electrons. The van der Waals surface area contributed by atoms with Crippen LogP contribution < -0.4 is 20.1 Å². The van der Waals surface area contributed by atoms with Crippen molar-refractivity contribution in [2.45, 2.75) is 12.5 Å². The monoisotopic (exact) mass is 292 g/mol. The van der Waals surface area contributed by atoms with Gasteiger partial charge < -0.3 is 14.8 Å². The van der Waals surface area contributed by atoms with Gasteiger partial charge in [-0.15, -0.1) is 0 Å². The normalized spacial score (nSPS) is 16.9. The Kier molecular flexibility index (Phi) is 4.17. The van der Waals surface area contributed by atoms with Crippen molar-refractivity contribution in [1.82, 2.24) is 10.6 Å². The van der Waals surface area contributed by atoms with Crippen LogP contribution in [0.5, 0.6) is 11.5 Å². The number of urea groups is 1. The molecule has 0 aromatic heterocycles. The van der Waals surface area contributed by atoms with E-state index in [4.69, 9.17) is 9.47 Å². The van der Waals surface area contributed by atoms with E-state index in [9.17, 15) is 19.2 Å². The minimum Gasteiger partial charge on any atom is -0.493 e. The molecule has 1 aliphatic heterocycles. The summed E-state index contributed by atoms with van der Waals surface area (Å²) in [6.07, 6.45) is 0.322. The molecule has 2 rings (SSSR count). The Hall–Kier alpha value is -2.90. The molecule has 0 saturated carbocycles. The third-order valence-electron chi connectivity index (χ3n) is 2.78. The molecule has 1 aromatic carbocycles. The number of ether oxygens (including phenoxy) is 2. The van der Waals surface area contributed by atoms with Gasteiger partial charge in [0.15, 0.2) is 11.5 Å². The zero-order chi connectivity index (χ0) is 15.4. The first kappa shape index (κ1) is 14.5. The summed E-state index contributed by atoms with van der Waals surface area (Å²) in [6.45, 7) is 0. The van der Waals surface area contributed by atoms with Gasteiger partial charge in [0.25, 0.3) is 5.91 Å². The maximum absolute atomic E-state index is 11.8. The summed E-state index contributed by atoms with van der Waals surface area (Å²) in [5.74, 6) is -0.958. The number of carbonyl (C=O) groups is 4. The van der Waals surface area contributed by atoms with Crippen LogP contribution in [0, 0.1) is 0 Å². The van der Waals surface area contributed by atoms with Crippen molar-refractivity contribution in [3.05, 3.63) is 23.8 Å². The highest BCUT2D eigenvalue weighted by Gasteiger charge is 2.32. The molecule has 1 heterocycles. The van der Waals surface area contributed by atoms with Crippen LogP contribution in [0.25, 0.3) is 0 Å². The predicted octanol–water partition coefficient (Wildman–Crippen LogP) is 0.0112. The SMILES string of the molecule is COc1cc(C=O)ccc1OC(=O)C[C@H]1NC(=O)NC1=O. The number of esters is 1. The van der Waals surface area contributed by atoms with Crippen molar-refractivity contribution in [2.75, 3.05) is 7.11 Å². The number of amides is 3. The molecule has 2 N–H and O–H groups in total. The Labute approximate surface area is 119 Å². The van der Waals surface area contributed by atoms with Gasteiger partial charge >= 0.3 is 12.0 Å². The average molecular weight is 292 g/mol. The van der Waals surface area contributed by atoms with Crippen LogP contribution in [-0.2, 0) is 9.59 Å². The number of rotatable bonds is 5. The van der Waals surface area contributed by atoms with Crippen LogP contribution in [0.15, 0.2) is 18.2 Å². The highest BCUT2D eigenvalue weighted by molar-refractivity contribution is 6.05. The molecule has 1 aliphatic rings. The van der Waals surface area contributed by atoms with Gasteiger partial charge in [-0.05, 0) is 18.2 Å². The Morgan fingerprint density at radius 1 is 1.33 bits per heavy atom. The molecule has 0 aliphatic carbocycles. The smallest absolute Gasteiger partial charge is 0.322 e. The number of methoxy groups -OCH3 is 1. The number of hydrogen-bond acceptors (Lipinski definition) is 6. The summed E-state index contributed by atoms with van der Waals surface area (Å²) in [5.41, 5.74) is 0.370. The van der Waals surface area contributed by atoms with Gasteiger partial charge in [0, 0.05) is 5.56 Å². The largest absolute Gasteiger partial charge is 0.493 e. The van der Waals surface area contributed by atoms with Crippen molar-refractivity contribution in [3.63, 3.8) is 0 Å². The fraction of sp³-hybridized carbons (Fsp3) is 0.231. The fourth-order valence-corrected chi connectivity index (χ4v) is 1.78. The van der Waals surface area contributed by atoms with Crippen molar-refractivity contribution in [1.29, 1.82) is 0 Å². The maximum Gasteiger partial charge on any atom is 0.322 e. The molecule has 3 amide bonds. The molecule has 0 spiro atoms. The quantitative estimate of drug-likeness (QED) is 0.342.